The summed E-state index contributed by atoms with van der Waals surface area (Å²) < 4.78 is 2.09. The molecule has 0 aliphatic rings. The Morgan fingerprint density at radius 3 is 2.55 bits per heavy atom. The zero-order valence-corrected chi connectivity index (χ0v) is 13.4. The van der Waals surface area contributed by atoms with E-state index in [0.29, 0.717) is 0 Å². The van der Waals surface area contributed by atoms with Crippen LogP contribution in [0, 0.1) is 13.8 Å². The van der Waals surface area contributed by atoms with Crippen molar-refractivity contribution < 1.29 is 0 Å². The highest BCUT2D eigenvalue weighted by Gasteiger charge is 2.02. The Morgan fingerprint density at radius 1 is 1.00 bits per heavy atom. The molecule has 0 saturated heterocycles. The fourth-order valence-corrected chi connectivity index (χ4v) is 2.46. The van der Waals surface area contributed by atoms with Crippen LogP contribution in [0.2, 0.25) is 5.02 Å². The summed E-state index contributed by atoms with van der Waals surface area (Å²) in [4.78, 5) is 4.64. The maximum atomic E-state index is 5.95. The van der Waals surface area contributed by atoms with E-state index in [1.165, 1.54) is 11.1 Å². The second-order valence-electron chi connectivity index (χ2n) is 5.33. The summed E-state index contributed by atoms with van der Waals surface area (Å²) in [5.41, 5.74) is 5.49. The number of nitrogens with zero attached hydrogens (tertiary/aromatic N) is 2. The summed E-state index contributed by atoms with van der Waals surface area (Å²) in [5, 5.41) is 0.738. The Kier molecular flexibility index (Phi) is 4.12. The molecule has 0 saturated carbocycles. The first kappa shape index (κ1) is 14.6. The summed E-state index contributed by atoms with van der Waals surface area (Å²) in [6, 6.07) is 18.1. The third-order valence-corrected chi connectivity index (χ3v) is 3.84. The van der Waals surface area contributed by atoms with E-state index in [2.05, 4.69) is 41.6 Å². The third kappa shape index (κ3) is 3.12. The van der Waals surface area contributed by atoms with Crippen LogP contribution in [0.3, 0.4) is 0 Å². The molecule has 1 aromatic heterocycles. The Morgan fingerprint density at radius 2 is 1.77 bits per heavy atom. The molecule has 0 spiro atoms. The van der Waals surface area contributed by atoms with Crippen molar-refractivity contribution in [2.75, 3.05) is 0 Å². The first-order valence-electron chi connectivity index (χ1n) is 7.18. The summed E-state index contributed by atoms with van der Waals surface area (Å²) in [7, 11) is 0. The molecule has 22 heavy (non-hydrogen) atoms. The average molecular weight is 309 g/mol. The van der Waals surface area contributed by atoms with Crippen molar-refractivity contribution in [2.24, 2.45) is 4.99 Å². The highest BCUT2D eigenvalue weighted by molar-refractivity contribution is 6.30. The van der Waals surface area contributed by atoms with Gasteiger partial charge in [-0.25, -0.2) is 0 Å². The van der Waals surface area contributed by atoms with Crippen LogP contribution in [0.15, 0.2) is 65.8 Å². The molecule has 0 aliphatic heterocycles. The highest BCUT2D eigenvalue weighted by Crippen LogP contribution is 2.20. The van der Waals surface area contributed by atoms with Gasteiger partial charge in [0, 0.05) is 16.9 Å². The summed E-state index contributed by atoms with van der Waals surface area (Å²) >= 11 is 5.95. The molecule has 1 heterocycles. The van der Waals surface area contributed by atoms with Gasteiger partial charge >= 0.3 is 0 Å². The van der Waals surface area contributed by atoms with Crippen LogP contribution >= 0.6 is 11.6 Å². The lowest BCUT2D eigenvalue weighted by Crippen LogP contribution is -1.97. The van der Waals surface area contributed by atoms with Crippen molar-refractivity contribution in [3.63, 3.8) is 0 Å². The molecule has 2 nitrogen and oxygen atoms in total. The predicted octanol–water partition coefficient (Wildman–Crippen LogP) is 5.50. The number of aliphatic imine (C=N–C) groups is 1. The average Bonchev–Trinajstić information content (AvgIpc) is 2.97. The molecule has 3 rings (SSSR count). The summed E-state index contributed by atoms with van der Waals surface area (Å²) in [5.74, 6) is 0. The molecule has 3 heteroatoms. The van der Waals surface area contributed by atoms with Gasteiger partial charge in [0.2, 0.25) is 0 Å². The van der Waals surface area contributed by atoms with E-state index in [1.54, 1.807) is 0 Å². The van der Waals surface area contributed by atoms with E-state index >= 15 is 0 Å². The molecule has 0 N–H and O–H groups in total. The van der Waals surface area contributed by atoms with Crippen molar-refractivity contribution in [1.82, 2.24) is 4.57 Å². The first-order valence-corrected chi connectivity index (χ1v) is 7.56. The lowest BCUT2D eigenvalue weighted by Gasteiger charge is -2.06. The number of benzene rings is 2. The van der Waals surface area contributed by atoms with Crippen LogP contribution < -0.4 is 0 Å². The lowest BCUT2D eigenvalue weighted by atomic mass is 10.1. The minimum absolute atomic E-state index is 0.738. The molecule has 0 aliphatic carbocycles. The first-order chi connectivity index (χ1) is 10.6. The Hall–Kier alpha value is -2.32. The van der Waals surface area contributed by atoms with E-state index < -0.39 is 0 Å². The number of aryl methyl sites for hydroxylation is 2. The number of halogens is 1. The molecule has 3 aromatic rings. The van der Waals surface area contributed by atoms with Gasteiger partial charge < -0.3 is 4.57 Å². The van der Waals surface area contributed by atoms with Gasteiger partial charge in [-0.3, -0.25) is 4.99 Å². The van der Waals surface area contributed by atoms with Crippen LogP contribution in [0.1, 0.15) is 16.8 Å². The van der Waals surface area contributed by atoms with Crippen LogP contribution in [-0.2, 0) is 0 Å². The van der Waals surface area contributed by atoms with Gasteiger partial charge in [-0.15, -0.1) is 0 Å². The predicted molar refractivity (Wildman–Crippen MR) is 93.9 cm³/mol. The standard InChI is InChI=1S/C19H17ClN2/c1-14-5-6-15(2)19(12-14)21-13-18-4-3-11-22(18)17-9-7-16(20)8-10-17/h3-13H,1-2H3. The molecule has 0 radical (unpaired) electrons. The van der Waals surface area contributed by atoms with E-state index in [1.807, 2.05) is 48.8 Å². The van der Waals surface area contributed by atoms with E-state index in [9.17, 15) is 0 Å². The number of hydrogen-bond acceptors (Lipinski definition) is 1. The van der Waals surface area contributed by atoms with Crippen LogP contribution in [0.4, 0.5) is 5.69 Å². The quantitative estimate of drug-likeness (QED) is 0.569. The zero-order valence-electron chi connectivity index (χ0n) is 12.6. The van der Waals surface area contributed by atoms with E-state index in [4.69, 9.17) is 11.6 Å². The SMILES string of the molecule is Cc1ccc(C)c(N=Cc2cccn2-c2ccc(Cl)cc2)c1. The van der Waals surface area contributed by atoms with Gasteiger partial charge in [-0.2, -0.15) is 0 Å². The fraction of sp³-hybridized carbons (Fsp3) is 0.105. The minimum atomic E-state index is 0.738. The van der Waals surface area contributed by atoms with Crippen molar-refractivity contribution in [3.8, 4) is 5.69 Å². The largest absolute Gasteiger partial charge is 0.316 e. The summed E-state index contributed by atoms with van der Waals surface area (Å²) in [6.07, 6.45) is 3.92. The maximum Gasteiger partial charge on any atom is 0.0662 e. The van der Waals surface area contributed by atoms with Gasteiger partial charge in [0.25, 0.3) is 0 Å². The van der Waals surface area contributed by atoms with Gasteiger partial charge in [0.05, 0.1) is 17.6 Å². The van der Waals surface area contributed by atoms with Crippen molar-refractivity contribution in [2.45, 2.75) is 13.8 Å². The third-order valence-electron chi connectivity index (χ3n) is 3.59. The topological polar surface area (TPSA) is 17.3 Å². The second kappa shape index (κ2) is 6.20. The monoisotopic (exact) mass is 308 g/mol. The van der Waals surface area contributed by atoms with E-state index in [0.717, 1.165) is 22.1 Å². The molecule has 0 atom stereocenters. The van der Waals surface area contributed by atoms with Crippen LogP contribution in [0.5, 0.6) is 0 Å². The molecular formula is C19H17ClN2. The number of aromatic nitrogens is 1. The van der Waals surface area contributed by atoms with Gasteiger partial charge in [-0.1, -0.05) is 23.7 Å². The maximum absolute atomic E-state index is 5.95. The molecular weight excluding hydrogens is 292 g/mol. The summed E-state index contributed by atoms with van der Waals surface area (Å²) in [6.45, 7) is 4.15. The Balaban J connectivity index is 1.94. The van der Waals surface area contributed by atoms with Gasteiger partial charge in [-0.05, 0) is 67.4 Å². The molecule has 0 unspecified atom stereocenters. The Bertz CT molecular complexity index is 814. The molecule has 110 valence electrons. The van der Waals surface area contributed by atoms with Crippen molar-refractivity contribution in [1.29, 1.82) is 0 Å². The van der Waals surface area contributed by atoms with Crippen LogP contribution in [-0.4, -0.2) is 10.8 Å². The molecule has 0 bridgehead atoms. The van der Waals surface area contributed by atoms with Crippen LogP contribution in [0.25, 0.3) is 5.69 Å². The number of rotatable bonds is 3. The molecule has 2 aromatic carbocycles. The molecule has 0 fully saturated rings. The van der Waals surface area contributed by atoms with Crippen molar-refractivity contribution in [3.05, 3.63) is 82.6 Å². The smallest absolute Gasteiger partial charge is 0.0662 e. The Labute approximate surface area is 135 Å². The highest BCUT2D eigenvalue weighted by atomic mass is 35.5. The molecule has 0 amide bonds. The normalized spacial score (nSPS) is 11.2. The van der Waals surface area contributed by atoms with Gasteiger partial charge in [0.1, 0.15) is 0 Å². The van der Waals surface area contributed by atoms with Gasteiger partial charge in [0.15, 0.2) is 0 Å². The van der Waals surface area contributed by atoms with Crippen molar-refractivity contribution >= 4 is 23.5 Å². The second-order valence-corrected chi connectivity index (χ2v) is 5.76. The fourth-order valence-electron chi connectivity index (χ4n) is 2.33. The number of hydrogen-bond donors (Lipinski definition) is 0. The lowest BCUT2D eigenvalue weighted by molar-refractivity contribution is 1.07. The van der Waals surface area contributed by atoms with E-state index in [-0.39, 0.29) is 0 Å². The minimum Gasteiger partial charge on any atom is -0.316 e. The zero-order chi connectivity index (χ0) is 15.5.